The smallest absolute Gasteiger partial charge is 0.179 e. The van der Waals surface area contributed by atoms with Crippen molar-refractivity contribution in [3.8, 4) is 56.4 Å². The molecule has 3 aromatic heterocycles. The van der Waals surface area contributed by atoms with Gasteiger partial charge in [0.25, 0.3) is 0 Å². The Morgan fingerprint density at radius 1 is 0.275 bits per heavy atom. The Kier molecular flexibility index (Phi) is 10.00. The molecule has 6 heteroatoms. The summed E-state index contributed by atoms with van der Waals surface area (Å²) in [5.74, 6) is 1.77. The molecule has 0 fully saturated rings. The van der Waals surface area contributed by atoms with E-state index in [2.05, 4.69) is 243 Å². The number of aromatic nitrogens is 3. The molecule has 69 heavy (non-hydrogen) atoms. The molecule has 0 spiro atoms. The standard InChI is InChI=1S/C63H41N3OSSi/c1-5-17-42(18-6-1)43-19-15-20-46(37-43)61-64-62(47-21-16-28-52(38-47)69(49-22-7-2-8-23-49,50-24-9-3-10-25-50)51-26-11-4-12-27-51)66-63(65-61)48-32-35-54-53-34-31-45(40-57(53)67-58(54)41-48)44-33-36-60-56(39-44)55-29-13-14-30-59(55)68-60/h1-41H. The van der Waals surface area contributed by atoms with Gasteiger partial charge in [-0.05, 0) is 91.5 Å². The summed E-state index contributed by atoms with van der Waals surface area (Å²) < 4.78 is 9.32. The first-order valence-electron chi connectivity index (χ1n) is 23.2. The Labute approximate surface area is 404 Å². The maximum Gasteiger partial charge on any atom is 0.179 e. The van der Waals surface area contributed by atoms with Gasteiger partial charge in [0, 0.05) is 47.6 Å². The fraction of sp³-hybridized carbons (Fsp3) is 0. The molecule has 324 valence electrons. The molecule has 0 radical (unpaired) electrons. The van der Waals surface area contributed by atoms with E-state index < -0.39 is 8.07 Å². The van der Waals surface area contributed by atoms with Crippen LogP contribution in [0.3, 0.4) is 0 Å². The van der Waals surface area contributed by atoms with Crippen LogP contribution < -0.4 is 20.7 Å². The molecule has 0 aliphatic carbocycles. The van der Waals surface area contributed by atoms with E-state index in [1.807, 2.05) is 17.4 Å². The lowest BCUT2D eigenvalue weighted by Crippen LogP contribution is -2.74. The maximum atomic E-state index is 6.73. The number of fused-ring (bicyclic) bond motifs is 6. The number of nitrogens with zero attached hydrogens (tertiary/aromatic N) is 3. The SMILES string of the molecule is c1ccc(-c2cccc(-c3nc(-c4cccc([Si](c5ccccc5)(c5ccccc5)c5ccccc5)c4)nc(-c4ccc5c(c4)oc4cc(-c6ccc7sc8ccccc8c7c6)ccc45)n3)c2)cc1. The molecule has 3 heterocycles. The highest BCUT2D eigenvalue weighted by atomic mass is 32.1. The fourth-order valence-corrected chi connectivity index (χ4v) is 16.1. The summed E-state index contributed by atoms with van der Waals surface area (Å²) in [7, 11) is -2.84. The summed E-state index contributed by atoms with van der Waals surface area (Å²) in [4.78, 5) is 15.9. The third-order valence-electron chi connectivity index (χ3n) is 13.5. The first-order valence-corrected chi connectivity index (χ1v) is 26.1. The van der Waals surface area contributed by atoms with Crippen LogP contribution in [0.2, 0.25) is 0 Å². The second-order valence-electron chi connectivity index (χ2n) is 17.5. The van der Waals surface area contributed by atoms with Crippen molar-refractivity contribution >= 4 is 82.3 Å². The summed E-state index contributed by atoms with van der Waals surface area (Å²) in [5.41, 5.74) is 8.79. The minimum absolute atomic E-state index is 0.572. The predicted molar refractivity (Wildman–Crippen MR) is 291 cm³/mol. The molecule has 10 aromatic carbocycles. The van der Waals surface area contributed by atoms with Gasteiger partial charge in [-0.15, -0.1) is 11.3 Å². The largest absolute Gasteiger partial charge is 0.456 e. The van der Waals surface area contributed by atoms with Gasteiger partial charge in [0.1, 0.15) is 11.2 Å². The molecule has 13 rings (SSSR count). The van der Waals surface area contributed by atoms with Crippen LogP contribution >= 0.6 is 11.3 Å². The molecule has 0 aliphatic heterocycles. The van der Waals surface area contributed by atoms with E-state index in [0.29, 0.717) is 17.5 Å². The van der Waals surface area contributed by atoms with E-state index in [1.54, 1.807) is 0 Å². The Morgan fingerprint density at radius 3 is 1.33 bits per heavy atom. The second kappa shape index (κ2) is 17.0. The van der Waals surface area contributed by atoms with Crippen molar-refractivity contribution in [2.45, 2.75) is 0 Å². The van der Waals surface area contributed by atoms with Crippen LogP contribution in [-0.4, -0.2) is 23.0 Å². The van der Waals surface area contributed by atoms with E-state index in [0.717, 1.165) is 60.9 Å². The Morgan fingerprint density at radius 2 is 0.696 bits per heavy atom. The van der Waals surface area contributed by atoms with E-state index in [1.165, 1.54) is 40.9 Å². The van der Waals surface area contributed by atoms with Crippen molar-refractivity contribution in [3.63, 3.8) is 0 Å². The lowest BCUT2D eigenvalue weighted by Gasteiger charge is -2.34. The first-order chi connectivity index (χ1) is 34.2. The minimum atomic E-state index is -2.84. The van der Waals surface area contributed by atoms with Gasteiger partial charge in [-0.25, -0.2) is 15.0 Å². The highest BCUT2D eigenvalue weighted by molar-refractivity contribution is 7.25. The van der Waals surface area contributed by atoms with E-state index in [9.17, 15) is 0 Å². The van der Waals surface area contributed by atoms with Gasteiger partial charge in [0.05, 0.1) is 0 Å². The molecule has 13 aromatic rings. The van der Waals surface area contributed by atoms with Gasteiger partial charge in [-0.3, -0.25) is 0 Å². The van der Waals surface area contributed by atoms with Crippen molar-refractivity contribution in [1.82, 2.24) is 15.0 Å². The van der Waals surface area contributed by atoms with Crippen molar-refractivity contribution < 1.29 is 4.42 Å². The Hall–Kier alpha value is -8.55. The second-order valence-corrected chi connectivity index (χ2v) is 22.4. The average Bonchev–Trinajstić information content (AvgIpc) is 3.99. The summed E-state index contributed by atoms with van der Waals surface area (Å²) >= 11 is 1.84. The van der Waals surface area contributed by atoms with E-state index in [-0.39, 0.29) is 0 Å². The highest BCUT2D eigenvalue weighted by Crippen LogP contribution is 2.39. The highest BCUT2D eigenvalue weighted by Gasteiger charge is 2.41. The first kappa shape index (κ1) is 40.7. The minimum Gasteiger partial charge on any atom is -0.456 e. The molecule has 0 saturated heterocycles. The molecule has 4 nitrogen and oxygen atoms in total. The summed E-state index contributed by atoms with van der Waals surface area (Å²) in [6.45, 7) is 0. The monoisotopic (exact) mass is 915 g/mol. The van der Waals surface area contributed by atoms with Crippen LogP contribution in [0, 0.1) is 0 Å². The van der Waals surface area contributed by atoms with Gasteiger partial charge >= 0.3 is 0 Å². The van der Waals surface area contributed by atoms with Crippen LogP contribution in [0.15, 0.2) is 253 Å². The molecular weight excluding hydrogens is 875 g/mol. The van der Waals surface area contributed by atoms with Crippen LogP contribution in [0.4, 0.5) is 0 Å². The van der Waals surface area contributed by atoms with Gasteiger partial charge in [0.15, 0.2) is 25.5 Å². The van der Waals surface area contributed by atoms with Crippen molar-refractivity contribution in [2.24, 2.45) is 0 Å². The molecule has 0 unspecified atom stereocenters. The molecule has 0 bridgehead atoms. The lowest BCUT2D eigenvalue weighted by atomic mass is 10.0. The predicted octanol–water partition coefficient (Wildman–Crippen LogP) is 13.9. The normalized spacial score (nSPS) is 11.8. The fourth-order valence-electron chi connectivity index (χ4n) is 10.2. The topological polar surface area (TPSA) is 51.8 Å². The van der Waals surface area contributed by atoms with Crippen LogP contribution in [0.5, 0.6) is 0 Å². The van der Waals surface area contributed by atoms with Crippen molar-refractivity contribution in [1.29, 1.82) is 0 Å². The average molecular weight is 916 g/mol. The third kappa shape index (κ3) is 7.17. The molecule has 0 saturated carbocycles. The quantitative estimate of drug-likeness (QED) is 0.107. The van der Waals surface area contributed by atoms with Crippen LogP contribution in [0.1, 0.15) is 0 Å². The molecule has 0 atom stereocenters. The van der Waals surface area contributed by atoms with Gasteiger partial charge in [-0.2, -0.15) is 0 Å². The van der Waals surface area contributed by atoms with Gasteiger partial charge in [0.2, 0.25) is 0 Å². The zero-order chi connectivity index (χ0) is 45.7. The van der Waals surface area contributed by atoms with Crippen LogP contribution in [-0.2, 0) is 0 Å². The number of hydrogen-bond donors (Lipinski definition) is 0. The number of hydrogen-bond acceptors (Lipinski definition) is 5. The molecular formula is C63H41N3OSSi. The third-order valence-corrected chi connectivity index (χ3v) is 19.4. The number of thiophene rings is 1. The van der Waals surface area contributed by atoms with Crippen molar-refractivity contribution in [3.05, 3.63) is 249 Å². The van der Waals surface area contributed by atoms with E-state index >= 15 is 0 Å². The Bertz CT molecular complexity index is 3920. The number of rotatable bonds is 9. The van der Waals surface area contributed by atoms with E-state index in [4.69, 9.17) is 19.4 Å². The Balaban J connectivity index is 0.963. The lowest BCUT2D eigenvalue weighted by molar-refractivity contribution is 0.669. The molecule has 0 aliphatic rings. The van der Waals surface area contributed by atoms with Gasteiger partial charge in [-0.1, -0.05) is 200 Å². The summed E-state index contributed by atoms with van der Waals surface area (Å²) in [6, 6.07) is 89.1. The summed E-state index contributed by atoms with van der Waals surface area (Å²) in [5, 5.41) is 9.83. The zero-order valence-electron chi connectivity index (χ0n) is 37.3. The van der Waals surface area contributed by atoms with Crippen LogP contribution in [0.25, 0.3) is 98.5 Å². The zero-order valence-corrected chi connectivity index (χ0v) is 39.1. The number of furan rings is 1. The maximum absolute atomic E-state index is 6.73. The van der Waals surface area contributed by atoms with Crippen molar-refractivity contribution in [2.75, 3.05) is 0 Å². The van der Waals surface area contributed by atoms with Gasteiger partial charge < -0.3 is 4.42 Å². The summed E-state index contributed by atoms with van der Waals surface area (Å²) in [6.07, 6.45) is 0. The molecule has 0 amide bonds. The number of benzene rings is 10. The molecule has 0 N–H and O–H groups in total.